The molecule has 1 saturated carbocycles. The third-order valence-corrected chi connectivity index (χ3v) is 6.52. The van der Waals surface area contributed by atoms with Crippen LogP contribution in [0.2, 0.25) is 0 Å². The van der Waals surface area contributed by atoms with Gasteiger partial charge in [0, 0.05) is 18.7 Å². The number of aryl methyl sites for hydroxylation is 1. The first kappa shape index (κ1) is 19.3. The average Bonchev–Trinajstić information content (AvgIpc) is 3.24. The number of rotatable bonds is 8. The van der Waals surface area contributed by atoms with E-state index in [1.54, 1.807) is 30.5 Å². The zero-order chi connectivity index (χ0) is 18.6. The normalized spacial score (nSPS) is 29.0. The number of nitrogens with zero attached hydrogens (tertiary/aromatic N) is 1. The van der Waals surface area contributed by atoms with E-state index in [-0.39, 0.29) is 11.2 Å². The van der Waals surface area contributed by atoms with E-state index in [1.807, 2.05) is 6.92 Å². The second-order valence-corrected chi connectivity index (χ2v) is 8.90. The lowest BCUT2D eigenvalue weighted by Gasteiger charge is -2.22. The molecule has 0 spiro atoms. The molecule has 1 heterocycles. The standard InChI is InChI=1S/C19H28N2O4S/c1-14-6-8-16(9-7-14)26(22,23)21-20-13-18-15(2)17(18)10-12-25-19-5-3-4-11-24-19/h6-9,13,15,17-19,21H,3-5,10-12H2,1-2H3/b20-13+/t15-,17+,18-,19?/m0/s1. The molecule has 0 bridgehead atoms. The van der Waals surface area contributed by atoms with Crippen molar-refractivity contribution < 1.29 is 17.9 Å². The van der Waals surface area contributed by atoms with E-state index in [1.165, 1.54) is 6.42 Å². The van der Waals surface area contributed by atoms with Crippen molar-refractivity contribution >= 4 is 16.2 Å². The Morgan fingerprint density at radius 2 is 2.08 bits per heavy atom. The molecule has 2 fully saturated rings. The van der Waals surface area contributed by atoms with Gasteiger partial charge in [0.25, 0.3) is 10.0 Å². The van der Waals surface area contributed by atoms with Crippen LogP contribution in [0.1, 0.15) is 38.2 Å². The summed E-state index contributed by atoms with van der Waals surface area (Å²) in [4.78, 5) is 2.53. The molecule has 1 aromatic rings. The Morgan fingerprint density at radius 3 is 2.77 bits per heavy atom. The maximum Gasteiger partial charge on any atom is 0.276 e. The molecule has 1 N–H and O–H groups in total. The summed E-state index contributed by atoms with van der Waals surface area (Å²) in [5, 5.41) is 3.97. The minimum absolute atomic E-state index is 0.0498. The molecular weight excluding hydrogens is 352 g/mol. The summed E-state index contributed by atoms with van der Waals surface area (Å²) < 4.78 is 35.7. The Kier molecular flexibility index (Phi) is 6.32. The van der Waals surface area contributed by atoms with Crippen molar-refractivity contribution in [2.45, 2.75) is 50.7 Å². The summed E-state index contributed by atoms with van der Waals surface area (Å²) in [7, 11) is -3.60. The molecule has 26 heavy (non-hydrogen) atoms. The van der Waals surface area contributed by atoms with E-state index < -0.39 is 10.0 Å². The van der Waals surface area contributed by atoms with Gasteiger partial charge in [-0.25, -0.2) is 4.83 Å². The van der Waals surface area contributed by atoms with Gasteiger partial charge in [-0.05, 0) is 56.6 Å². The molecule has 7 heteroatoms. The van der Waals surface area contributed by atoms with E-state index in [0.29, 0.717) is 24.4 Å². The fraction of sp³-hybridized carbons (Fsp3) is 0.632. The molecule has 0 radical (unpaired) electrons. The third-order valence-electron chi connectivity index (χ3n) is 5.28. The van der Waals surface area contributed by atoms with Crippen LogP contribution in [-0.2, 0) is 19.5 Å². The second-order valence-electron chi connectivity index (χ2n) is 7.24. The first-order valence-electron chi connectivity index (χ1n) is 9.32. The van der Waals surface area contributed by atoms with Crippen molar-refractivity contribution in [2.75, 3.05) is 13.2 Å². The van der Waals surface area contributed by atoms with E-state index in [0.717, 1.165) is 31.4 Å². The Bertz CT molecular complexity index is 712. The monoisotopic (exact) mass is 380 g/mol. The van der Waals surface area contributed by atoms with Crippen LogP contribution in [0.15, 0.2) is 34.3 Å². The fourth-order valence-corrected chi connectivity index (χ4v) is 4.21. The summed E-state index contributed by atoms with van der Waals surface area (Å²) in [5.74, 6) is 1.29. The van der Waals surface area contributed by atoms with Crippen molar-refractivity contribution in [2.24, 2.45) is 22.9 Å². The predicted octanol–water partition coefficient (Wildman–Crippen LogP) is 3.07. The molecule has 144 valence electrons. The zero-order valence-electron chi connectivity index (χ0n) is 15.4. The van der Waals surface area contributed by atoms with Gasteiger partial charge < -0.3 is 9.47 Å². The Morgan fingerprint density at radius 1 is 1.31 bits per heavy atom. The van der Waals surface area contributed by atoms with Gasteiger partial charge in [-0.3, -0.25) is 0 Å². The highest BCUT2D eigenvalue weighted by atomic mass is 32.2. The van der Waals surface area contributed by atoms with Crippen LogP contribution in [0.4, 0.5) is 0 Å². The Balaban J connectivity index is 1.41. The molecule has 4 atom stereocenters. The van der Waals surface area contributed by atoms with Gasteiger partial charge in [-0.15, -0.1) is 0 Å². The largest absolute Gasteiger partial charge is 0.353 e. The SMILES string of the molecule is Cc1ccc(S(=O)(=O)N/N=C/[C@H]2[C@@H](C)[C@H]2CCOC2CCCCO2)cc1. The van der Waals surface area contributed by atoms with E-state index in [4.69, 9.17) is 9.47 Å². The molecular formula is C19H28N2O4S. The van der Waals surface area contributed by atoms with Gasteiger partial charge in [0.1, 0.15) is 0 Å². The molecule has 2 aliphatic rings. The number of benzene rings is 1. The molecule has 1 aliphatic carbocycles. The van der Waals surface area contributed by atoms with Crippen molar-refractivity contribution in [3.63, 3.8) is 0 Å². The number of hydrogen-bond acceptors (Lipinski definition) is 5. The van der Waals surface area contributed by atoms with Crippen LogP contribution in [-0.4, -0.2) is 34.1 Å². The number of sulfonamides is 1. The average molecular weight is 381 g/mol. The highest BCUT2D eigenvalue weighted by Gasteiger charge is 2.45. The second kappa shape index (κ2) is 8.50. The number of hydrazone groups is 1. The Labute approximate surface area is 156 Å². The first-order chi connectivity index (χ1) is 12.5. The smallest absolute Gasteiger partial charge is 0.276 e. The molecule has 1 saturated heterocycles. The first-order valence-corrected chi connectivity index (χ1v) is 10.8. The molecule has 0 amide bonds. The summed E-state index contributed by atoms with van der Waals surface area (Å²) in [6.45, 7) is 5.55. The van der Waals surface area contributed by atoms with Crippen LogP contribution >= 0.6 is 0 Å². The van der Waals surface area contributed by atoms with Crippen LogP contribution in [0.3, 0.4) is 0 Å². The molecule has 1 aliphatic heterocycles. The van der Waals surface area contributed by atoms with Gasteiger partial charge in [-0.2, -0.15) is 13.5 Å². The summed E-state index contributed by atoms with van der Waals surface area (Å²) in [5.41, 5.74) is 1.02. The van der Waals surface area contributed by atoms with Crippen molar-refractivity contribution in [1.29, 1.82) is 0 Å². The maximum absolute atomic E-state index is 12.2. The lowest BCUT2D eigenvalue weighted by Crippen LogP contribution is -2.22. The fourth-order valence-electron chi connectivity index (χ4n) is 3.42. The Hall–Kier alpha value is -1.44. The summed E-state index contributed by atoms with van der Waals surface area (Å²) in [6, 6.07) is 6.71. The third kappa shape index (κ3) is 5.05. The number of ether oxygens (including phenoxy) is 2. The van der Waals surface area contributed by atoms with Crippen LogP contribution in [0, 0.1) is 24.7 Å². The summed E-state index contributed by atoms with van der Waals surface area (Å²) in [6.07, 6.45) is 5.88. The van der Waals surface area contributed by atoms with Gasteiger partial charge in [-0.1, -0.05) is 24.6 Å². The van der Waals surface area contributed by atoms with Gasteiger partial charge in [0.05, 0.1) is 11.5 Å². The number of hydrogen-bond donors (Lipinski definition) is 1. The predicted molar refractivity (Wildman–Crippen MR) is 100 cm³/mol. The van der Waals surface area contributed by atoms with Crippen LogP contribution in [0.5, 0.6) is 0 Å². The lowest BCUT2D eigenvalue weighted by molar-refractivity contribution is -0.163. The quantitative estimate of drug-likeness (QED) is 0.555. The van der Waals surface area contributed by atoms with Crippen molar-refractivity contribution in [1.82, 2.24) is 4.83 Å². The molecule has 3 rings (SSSR count). The highest BCUT2D eigenvalue weighted by Crippen LogP contribution is 2.46. The van der Waals surface area contributed by atoms with Gasteiger partial charge in [0.15, 0.2) is 6.29 Å². The maximum atomic E-state index is 12.2. The van der Waals surface area contributed by atoms with E-state index in [2.05, 4.69) is 16.9 Å². The van der Waals surface area contributed by atoms with E-state index in [9.17, 15) is 8.42 Å². The molecule has 0 aromatic heterocycles. The van der Waals surface area contributed by atoms with Crippen LogP contribution in [0.25, 0.3) is 0 Å². The van der Waals surface area contributed by atoms with Crippen molar-refractivity contribution in [3.05, 3.63) is 29.8 Å². The van der Waals surface area contributed by atoms with E-state index >= 15 is 0 Å². The van der Waals surface area contributed by atoms with Gasteiger partial charge in [0.2, 0.25) is 0 Å². The van der Waals surface area contributed by atoms with Gasteiger partial charge >= 0.3 is 0 Å². The summed E-state index contributed by atoms with van der Waals surface area (Å²) >= 11 is 0. The molecule has 1 unspecified atom stereocenters. The van der Waals surface area contributed by atoms with Crippen LogP contribution < -0.4 is 4.83 Å². The topological polar surface area (TPSA) is 77.0 Å². The zero-order valence-corrected chi connectivity index (χ0v) is 16.2. The minimum Gasteiger partial charge on any atom is -0.353 e. The minimum atomic E-state index is -3.60. The molecule has 6 nitrogen and oxygen atoms in total. The highest BCUT2D eigenvalue weighted by molar-refractivity contribution is 7.89. The lowest BCUT2D eigenvalue weighted by atomic mass is 10.2. The number of nitrogens with one attached hydrogen (secondary N) is 1. The molecule has 1 aromatic carbocycles. The van der Waals surface area contributed by atoms with Crippen molar-refractivity contribution in [3.8, 4) is 0 Å².